The van der Waals surface area contributed by atoms with Gasteiger partial charge in [-0.2, -0.15) is 8.42 Å². The summed E-state index contributed by atoms with van der Waals surface area (Å²) >= 11 is 0. The highest BCUT2D eigenvalue weighted by Crippen LogP contribution is 2.18. The van der Waals surface area contributed by atoms with Gasteiger partial charge in [-0.3, -0.25) is 33.3 Å². The van der Waals surface area contributed by atoms with Gasteiger partial charge in [0.25, 0.3) is 10.1 Å². The number of hydrogen-bond donors (Lipinski definition) is 8. The van der Waals surface area contributed by atoms with E-state index in [2.05, 4.69) is 26.6 Å². The zero-order chi connectivity index (χ0) is 42.2. The van der Waals surface area contributed by atoms with Crippen LogP contribution >= 0.6 is 0 Å². The molecule has 0 spiro atoms. The smallest absolute Gasteiger partial charge is 0.312 e. The number of urea groups is 1. The maximum atomic E-state index is 13.6. The number of hydrogen-bond acceptors (Lipinski definition) is 11. The van der Waals surface area contributed by atoms with Crippen LogP contribution in [0.15, 0.2) is 36.4 Å². The van der Waals surface area contributed by atoms with Crippen LogP contribution in [0.5, 0.6) is 0 Å². The van der Waals surface area contributed by atoms with Crippen LogP contribution in [0, 0.1) is 11.3 Å². The van der Waals surface area contributed by atoms with E-state index in [4.69, 9.17) is 10.5 Å². The number of esters is 1. The van der Waals surface area contributed by atoms with Gasteiger partial charge in [-0.05, 0) is 76.1 Å². The Hall–Kier alpha value is -5.08. The first-order chi connectivity index (χ1) is 26.1. The van der Waals surface area contributed by atoms with Gasteiger partial charge in [0.05, 0.1) is 5.41 Å². The number of carbonyl (C=O) groups excluding carboxylic acids is 7. The van der Waals surface area contributed by atoms with E-state index in [1.807, 2.05) is 0 Å². The largest absolute Gasteiger partial charge is 0.460 e. The van der Waals surface area contributed by atoms with Crippen LogP contribution < -0.4 is 32.3 Å². The molecule has 1 aliphatic heterocycles. The van der Waals surface area contributed by atoms with E-state index in [-0.39, 0.29) is 50.8 Å². The molecule has 0 saturated heterocycles. The van der Waals surface area contributed by atoms with Gasteiger partial charge in [0.2, 0.25) is 29.5 Å². The van der Waals surface area contributed by atoms with E-state index in [0.29, 0.717) is 30.5 Å². The first-order valence-corrected chi connectivity index (χ1v) is 19.8. The number of aliphatic hydroxyl groups excluding tert-OH is 1. The molecule has 1 aliphatic rings. The van der Waals surface area contributed by atoms with Gasteiger partial charge in [0.1, 0.15) is 36.7 Å². The average Bonchev–Trinajstić information content (AvgIpc) is 3.41. The molecule has 1 unspecified atom stereocenters. The van der Waals surface area contributed by atoms with Gasteiger partial charge in [-0.15, -0.1) is 0 Å². The Bertz CT molecular complexity index is 1690. The standard InChI is InChI=1S/C36H55N7O12S/c1-22(2)30(42-32(48)26(21-56(52,53)54)40-27(44)11-7-6-8-19-43-28(45)16-17-29(43)46)33(49)41-25(10-9-18-38-35(37)51)31(47)39-24-14-12-23(13-15-24)20-55-34(50)36(3,4)5/h12-17,22,25-26,28,30,45H,6-11,18-21H2,1-5H3,(H,39,47)(H,40,44)(H,41,49)(H,42,48)(H3,37,38,51)(H,52,53,54)/t25-,26-,28?,30-/m0/s1. The first-order valence-electron chi connectivity index (χ1n) is 18.2. The molecule has 312 valence electrons. The Labute approximate surface area is 326 Å². The van der Waals surface area contributed by atoms with Crippen molar-refractivity contribution in [2.24, 2.45) is 17.1 Å². The summed E-state index contributed by atoms with van der Waals surface area (Å²) in [4.78, 5) is 89.4. The van der Waals surface area contributed by atoms with Gasteiger partial charge in [-0.1, -0.05) is 32.4 Å². The van der Waals surface area contributed by atoms with Crippen LogP contribution in [0.2, 0.25) is 0 Å². The molecular weight excluding hydrogens is 754 g/mol. The molecule has 0 bridgehead atoms. The molecule has 4 atom stereocenters. The van der Waals surface area contributed by atoms with Crippen LogP contribution in [-0.4, -0.2) is 108 Å². The molecular formula is C36H55N7O12S. The molecule has 7 amide bonds. The maximum absolute atomic E-state index is 13.6. The zero-order valence-corrected chi connectivity index (χ0v) is 33.1. The second-order valence-corrected chi connectivity index (χ2v) is 16.2. The average molecular weight is 810 g/mol. The highest BCUT2D eigenvalue weighted by Gasteiger charge is 2.33. The Morgan fingerprint density at radius 2 is 1.57 bits per heavy atom. The third-order valence-corrected chi connectivity index (χ3v) is 9.15. The molecule has 20 heteroatoms. The van der Waals surface area contributed by atoms with Crippen LogP contribution in [0.25, 0.3) is 0 Å². The Morgan fingerprint density at radius 1 is 0.911 bits per heavy atom. The third kappa shape index (κ3) is 17.2. The fraction of sp³-hybridized carbons (Fsp3) is 0.583. The summed E-state index contributed by atoms with van der Waals surface area (Å²) in [5, 5.41) is 22.2. The van der Waals surface area contributed by atoms with Crippen molar-refractivity contribution in [3.05, 3.63) is 42.0 Å². The molecule has 19 nitrogen and oxygen atoms in total. The summed E-state index contributed by atoms with van der Waals surface area (Å²) in [5.41, 5.74) is 5.47. The minimum atomic E-state index is -4.79. The van der Waals surface area contributed by atoms with Crippen molar-refractivity contribution in [2.75, 3.05) is 24.2 Å². The fourth-order valence-electron chi connectivity index (χ4n) is 5.26. The highest BCUT2D eigenvalue weighted by molar-refractivity contribution is 7.85. The quantitative estimate of drug-likeness (QED) is 0.0450. The lowest BCUT2D eigenvalue weighted by Crippen LogP contribution is -2.59. The second kappa shape index (κ2) is 21.9. The lowest BCUT2D eigenvalue weighted by atomic mass is 9.97. The minimum Gasteiger partial charge on any atom is -0.460 e. The van der Waals surface area contributed by atoms with Crippen LogP contribution in [0.3, 0.4) is 0 Å². The number of aliphatic hydroxyl groups is 1. The monoisotopic (exact) mass is 809 g/mol. The molecule has 9 N–H and O–H groups in total. The normalized spacial score (nSPS) is 15.8. The number of unbranched alkanes of at least 4 members (excludes halogenated alkanes) is 2. The lowest BCUT2D eigenvalue weighted by molar-refractivity contribution is -0.154. The number of rotatable bonds is 22. The van der Waals surface area contributed by atoms with Crippen LogP contribution in [0.1, 0.15) is 78.7 Å². The number of primary amides is 1. The third-order valence-electron chi connectivity index (χ3n) is 8.40. The predicted molar refractivity (Wildman–Crippen MR) is 204 cm³/mol. The topological polar surface area (TPSA) is 293 Å². The number of ether oxygens (including phenoxy) is 1. The number of anilines is 1. The summed E-state index contributed by atoms with van der Waals surface area (Å²) in [7, 11) is -4.79. The van der Waals surface area contributed by atoms with E-state index in [9.17, 15) is 51.6 Å². The number of amides is 7. The number of nitrogens with two attached hydrogens (primary N) is 1. The molecule has 0 saturated carbocycles. The van der Waals surface area contributed by atoms with E-state index >= 15 is 0 Å². The summed E-state index contributed by atoms with van der Waals surface area (Å²) in [5.74, 6) is -5.77. The number of carbonyl (C=O) groups is 7. The number of nitrogens with zero attached hydrogens (tertiary/aromatic N) is 1. The Kier molecular flexibility index (Phi) is 18.4. The molecule has 1 aromatic carbocycles. The van der Waals surface area contributed by atoms with Gasteiger partial charge < -0.3 is 47.1 Å². The van der Waals surface area contributed by atoms with Gasteiger partial charge in [0, 0.05) is 31.3 Å². The number of nitrogens with one attached hydrogen (secondary N) is 5. The highest BCUT2D eigenvalue weighted by atomic mass is 32.2. The summed E-state index contributed by atoms with van der Waals surface area (Å²) in [6, 6.07) is 1.34. The molecule has 0 aliphatic carbocycles. The second-order valence-electron chi connectivity index (χ2n) is 14.7. The lowest BCUT2D eigenvalue weighted by Gasteiger charge is -2.27. The first kappa shape index (κ1) is 47.1. The van der Waals surface area contributed by atoms with Crippen molar-refractivity contribution < 1.29 is 56.4 Å². The molecule has 0 aromatic heterocycles. The summed E-state index contributed by atoms with van der Waals surface area (Å²) in [6.45, 7) is 8.69. The van der Waals surface area contributed by atoms with Gasteiger partial charge >= 0.3 is 12.0 Å². The van der Waals surface area contributed by atoms with Gasteiger partial charge in [-0.25, -0.2) is 4.79 Å². The fourth-order valence-corrected chi connectivity index (χ4v) is 5.92. The van der Waals surface area contributed by atoms with E-state index in [1.165, 1.54) is 17.1 Å². The Morgan fingerprint density at radius 3 is 2.12 bits per heavy atom. The van der Waals surface area contributed by atoms with Crippen molar-refractivity contribution in [3.63, 3.8) is 0 Å². The maximum Gasteiger partial charge on any atom is 0.312 e. The van der Waals surface area contributed by atoms with Crippen molar-refractivity contribution >= 4 is 57.3 Å². The van der Waals surface area contributed by atoms with Crippen molar-refractivity contribution in [1.29, 1.82) is 0 Å². The van der Waals surface area contributed by atoms with E-state index in [0.717, 1.165) is 0 Å². The molecule has 0 radical (unpaired) electrons. The molecule has 56 heavy (non-hydrogen) atoms. The Balaban J connectivity index is 2.09. The van der Waals surface area contributed by atoms with E-state index in [1.54, 1.807) is 58.9 Å². The minimum absolute atomic E-state index is 0.0146. The van der Waals surface area contributed by atoms with Crippen LogP contribution in [0.4, 0.5) is 10.5 Å². The molecule has 2 rings (SSSR count). The van der Waals surface area contributed by atoms with Crippen molar-refractivity contribution in [2.45, 2.75) is 104 Å². The molecule has 1 heterocycles. The zero-order valence-electron chi connectivity index (χ0n) is 32.3. The van der Waals surface area contributed by atoms with Crippen LogP contribution in [-0.2, 0) is 50.2 Å². The molecule has 0 fully saturated rings. The SMILES string of the molecule is CC(C)[C@H](NC(=O)[C@H](CS(=O)(=O)O)NC(=O)CCCCCN1C(=O)C=CC1O)C(=O)N[C@@H](CCCNC(N)=O)C(=O)Nc1ccc(COC(=O)C(C)(C)C)cc1. The predicted octanol–water partition coefficient (Wildman–Crippen LogP) is 0.438. The molecule has 1 aromatic rings. The summed E-state index contributed by atoms with van der Waals surface area (Å²) < 4.78 is 38.4. The van der Waals surface area contributed by atoms with E-state index < -0.39 is 81.2 Å². The summed E-state index contributed by atoms with van der Waals surface area (Å²) in [6.07, 6.45) is 2.90. The number of benzene rings is 1. The van der Waals surface area contributed by atoms with Crippen molar-refractivity contribution in [3.8, 4) is 0 Å². The van der Waals surface area contributed by atoms with Gasteiger partial charge in [0.15, 0.2) is 0 Å². The van der Waals surface area contributed by atoms with Crippen molar-refractivity contribution in [1.82, 2.24) is 26.2 Å².